The van der Waals surface area contributed by atoms with Gasteiger partial charge in [-0.15, -0.1) is 11.8 Å². The third-order valence-electron chi connectivity index (χ3n) is 1.13. The maximum Gasteiger partial charge on any atom is 0.0827 e. The Labute approximate surface area is 59.4 Å². The van der Waals surface area contributed by atoms with E-state index in [2.05, 4.69) is 18.8 Å². The van der Waals surface area contributed by atoms with E-state index in [0.717, 1.165) is 6.42 Å². The summed E-state index contributed by atoms with van der Waals surface area (Å²) in [5.41, 5.74) is 0. The minimum Gasteiger partial charge on any atom is -0.113 e. The van der Waals surface area contributed by atoms with Gasteiger partial charge in [-0.3, -0.25) is 0 Å². The zero-order valence-corrected chi connectivity index (χ0v) is 6.11. The van der Waals surface area contributed by atoms with E-state index < -0.39 is 0 Å². The van der Waals surface area contributed by atoms with E-state index in [1.807, 2.05) is 0 Å². The van der Waals surface area contributed by atoms with Gasteiger partial charge in [-0.2, -0.15) is 0 Å². The van der Waals surface area contributed by atoms with E-state index in [1.54, 1.807) is 0 Å². The lowest BCUT2D eigenvalue weighted by atomic mass is 10.1. The fourth-order valence-corrected chi connectivity index (χ4v) is 0.624. The summed E-state index contributed by atoms with van der Waals surface area (Å²) >= 11 is 0. The Morgan fingerprint density at radius 2 is 2.00 bits per heavy atom. The summed E-state index contributed by atoms with van der Waals surface area (Å²) in [6, 6.07) is 0. The molecule has 0 spiro atoms. The molecule has 0 fully saturated rings. The molecule has 0 aliphatic rings. The van der Waals surface area contributed by atoms with E-state index >= 15 is 0 Å². The summed E-state index contributed by atoms with van der Waals surface area (Å²) in [5, 5.41) is 0. The lowest BCUT2D eigenvalue weighted by Crippen LogP contribution is -1.70. The van der Waals surface area contributed by atoms with Gasteiger partial charge < -0.3 is 0 Å². The van der Waals surface area contributed by atoms with Crippen LogP contribution < -0.4 is 0 Å². The molecule has 0 aliphatic heterocycles. The van der Waals surface area contributed by atoms with Crippen molar-refractivity contribution in [2.24, 2.45) is 0 Å². The number of rotatable bonds is 3. The molecule has 0 aromatic rings. The second kappa shape index (κ2) is 7.62. The highest BCUT2D eigenvalue weighted by molar-refractivity contribution is 6.10. The van der Waals surface area contributed by atoms with Gasteiger partial charge in [0.1, 0.15) is 0 Å². The molecule has 9 heavy (non-hydrogen) atoms. The van der Waals surface area contributed by atoms with Crippen LogP contribution in [0.25, 0.3) is 0 Å². The van der Waals surface area contributed by atoms with Gasteiger partial charge in [0.05, 0.1) is 7.85 Å². The van der Waals surface area contributed by atoms with Crippen LogP contribution in [0.3, 0.4) is 0 Å². The molecule has 0 N–H and O–H groups in total. The number of hydrogen-bond donors (Lipinski definition) is 0. The molecule has 0 saturated heterocycles. The molecule has 0 saturated carbocycles. The second-order valence-corrected chi connectivity index (χ2v) is 2.01. The Kier molecular flexibility index (Phi) is 7.31. The maximum atomic E-state index is 5.17. The van der Waals surface area contributed by atoms with Crippen LogP contribution in [0.4, 0.5) is 0 Å². The van der Waals surface area contributed by atoms with E-state index in [4.69, 9.17) is 7.85 Å². The van der Waals surface area contributed by atoms with Gasteiger partial charge in [-0.05, 0) is 12.7 Å². The Morgan fingerprint density at radius 1 is 1.22 bits per heavy atom. The molecule has 0 amide bonds. The van der Waals surface area contributed by atoms with Crippen LogP contribution in [0.5, 0.6) is 0 Å². The van der Waals surface area contributed by atoms with E-state index in [-0.39, 0.29) is 0 Å². The van der Waals surface area contributed by atoms with Crippen LogP contribution in [-0.2, 0) is 0 Å². The van der Waals surface area contributed by atoms with Gasteiger partial charge in [0.2, 0.25) is 0 Å². The highest BCUT2D eigenvalue weighted by Crippen LogP contribution is 1.96. The molecule has 48 valence electrons. The first-order valence-corrected chi connectivity index (χ1v) is 3.57. The molecule has 2 radical (unpaired) electrons. The highest BCUT2D eigenvalue weighted by atomic mass is 13.8. The standard InChI is InChI=1S/C8H13B/c1-2-3-4-5-6-7-8-9/h2-5,8H2,1H3. The zero-order chi connectivity index (χ0) is 6.95. The Morgan fingerprint density at radius 3 is 2.56 bits per heavy atom. The lowest BCUT2D eigenvalue weighted by Gasteiger charge is -1.87. The molecule has 0 aromatic heterocycles. The van der Waals surface area contributed by atoms with Crippen LogP contribution >= 0.6 is 0 Å². The van der Waals surface area contributed by atoms with Crippen molar-refractivity contribution in [2.45, 2.75) is 38.9 Å². The van der Waals surface area contributed by atoms with Crippen LogP contribution in [0.1, 0.15) is 32.6 Å². The van der Waals surface area contributed by atoms with Crippen molar-refractivity contribution in [3.05, 3.63) is 0 Å². The summed E-state index contributed by atoms with van der Waals surface area (Å²) in [4.78, 5) is 0. The molecule has 0 aromatic carbocycles. The fraction of sp³-hybridized carbons (Fsp3) is 0.750. The van der Waals surface area contributed by atoms with Crippen molar-refractivity contribution in [3.8, 4) is 11.8 Å². The van der Waals surface area contributed by atoms with Gasteiger partial charge >= 0.3 is 0 Å². The zero-order valence-electron chi connectivity index (χ0n) is 6.11. The summed E-state index contributed by atoms with van der Waals surface area (Å²) < 4.78 is 0. The van der Waals surface area contributed by atoms with Crippen LogP contribution in [0.2, 0.25) is 6.32 Å². The molecular weight excluding hydrogens is 107 g/mol. The molecule has 1 heteroatoms. The van der Waals surface area contributed by atoms with Gasteiger partial charge in [-0.1, -0.05) is 19.8 Å². The monoisotopic (exact) mass is 120 g/mol. The van der Waals surface area contributed by atoms with Crippen molar-refractivity contribution >= 4 is 7.85 Å². The number of unbranched alkanes of at least 4 members (excludes halogenated alkanes) is 3. The van der Waals surface area contributed by atoms with Gasteiger partial charge in [0.15, 0.2) is 0 Å². The predicted molar refractivity (Wildman–Crippen MR) is 42.5 cm³/mol. The van der Waals surface area contributed by atoms with Crippen molar-refractivity contribution in [1.82, 2.24) is 0 Å². The first-order valence-electron chi connectivity index (χ1n) is 3.57. The average molecular weight is 120 g/mol. The average Bonchev–Trinajstić information content (AvgIpc) is 1.89. The second-order valence-electron chi connectivity index (χ2n) is 2.01. The minimum absolute atomic E-state index is 0.506. The molecule has 0 aliphatic carbocycles. The molecule has 0 bridgehead atoms. The van der Waals surface area contributed by atoms with Crippen LogP contribution in [0.15, 0.2) is 0 Å². The molecule has 0 atom stereocenters. The summed E-state index contributed by atoms with van der Waals surface area (Å²) in [6.07, 6.45) is 5.31. The normalized spacial score (nSPS) is 8.11. The highest BCUT2D eigenvalue weighted by Gasteiger charge is 1.78. The molecule has 0 rings (SSSR count). The predicted octanol–water partition coefficient (Wildman–Crippen LogP) is 2.16. The summed E-state index contributed by atoms with van der Waals surface area (Å²) in [7, 11) is 5.17. The maximum absolute atomic E-state index is 5.17. The van der Waals surface area contributed by atoms with Gasteiger partial charge in [0.25, 0.3) is 0 Å². The minimum atomic E-state index is 0.506. The van der Waals surface area contributed by atoms with Gasteiger partial charge in [-0.25, -0.2) is 0 Å². The Bertz CT molecular complexity index is 96.9. The van der Waals surface area contributed by atoms with E-state index in [1.165, 1.54) is 19.3 Å². The first-order chi connectivity index (χ1) is 4.41. The van der Waals surface area contributed by atoms with Gasteiger partial charge in [0, 0.05) is 6.42 Å². The van der Waals surface area contributed by atoms with E-state index in [0.29, 0.717) is 6.32 Å². The SMILES string of the molecule is [B]CC#CCCCCC. The van der Waals surface area contributed by atoms with Crippen molar-refractivity contribution in [3.63, 3.8) is 0 Å². The third-order valence-corrected chi connectivity index (χ3v) is 1.13. The smallest absolute Gasteiger partial charge is 0.0827 e. The van der Waals surface area contributed by atoms with E-state index in [9.17, 15) is 0 Å². The van der Waals surface area contributed by atoms with Crippen LogP contribution in [0, 0.1) is 11.8 Å². The topological polar surface area (TPSA) is 0 Å². The molecular formula is C8H13B. The summed E-state index contributed by atoms with van der Waals surface area (Å²) in [6.45, 7) is 2.19. The first kappa shape index (κ1) is 8.62. The molecule has 0 heterocycles. The lowest BCUT2D eigenvalue weighted by molar-refractivity contribution is 0.737. The molecule has 0 nitrogen and oxygen atoms in total. The van der Waals surface area contributed by atoms with Crippen molar-refractivity contribution in [2.75, 3.05) is 0 Å². The Balaban J connectivity index is 2.90. The molecule has 0 unspecified atom stereocenters. The number of hydrogen-bond acceptors (Lipinski definition) is 0. The van der Waals surface area contributed by atoms with Crippen molar-refractivity contribution in [1.29, 1.82) is 0 Å². The Hall–Kier alpha value is -0.375. The quantitative estimate of drug-likeness (QED) is 0.304. The third kappa shape index (κ3) is 7.62. The van der Waals surface area contributed by atoms with Crippen LogP contribution in [-0.4, -0.2) is 7.85 Å². The summed E-state index contributed by atoms with van der Waals surface area (Å²) in [5.74, 6) is 5.83. The van der Waals surface area contributed by atoms with Crippen molar-refractivity contribution < 1.29 is 0 Å². The largest absolute Gasteiger partial charge is 0.113 e. The fourth-order valence-electron chi connectivity index (χ4n) is 0.624.